The van der Waals surface area contributed by atoms with E-state index in [1.807, 2.05) is 11.1 Å². The number of hydrogen-bond donors (Lipinski definition) is 1. The van der Waals surface area contributed by atoms with Gasteiger partial charge in [0.15, 0.2) is 0 Å². The van der Waals surface area contributed by atoms with Gasteiger partial charge in [-0.15, -0.1) is 0 Å². The van der Waals surface area contributed by atoms with Crippen LogP contribution in [0, 0.1) is 5.41 Å². The summed E-state index contributed by atoms with van der Waals surface area (Å²) in [7, 11) is 0. The van der Waals surface area contributed by atoms with Crippen LogP contribution in [-0.4, -0.2) is 58.7 Å². The van der Waals surface area contributed by atoms with Crippen LogP contribution in [0.25, 0.3) is 0 Å². The molecule has 120 valence electrons. The van der Waals surface area contributed by atoms with Crippen LogP contribution in [0.4, 0.5) is 5.82 Å². The highest BCUT2D eigenvalue weighted by Gasteiger charge is 2.41. The number of anilines is 1. The van der Waals surface area contributed by atoms with Gasteiger partial charge in [-0.05, 0) is 25.7 Å². The van der Waals surface area contributed by atoms with Crippen LogP contribution in [0.5, 0.6) is 0 Å². The van der Waals surface area contributed by atoms with E-state index in [0.717, 1.165) is 44.7 Å². The fraction of sp³-hybridized carbons (Fsp3) is 0.688. The van der Waals surface area contributed by atoms with Gasteiger partial charge in [-0.25, -0.2) is 4.98 Å². The third kappa shape index (κ3) is 3.21. The van der Waals surface area contributed by atoms with Gasteiger partial charge in [-0.1, -0.05) is 0 Å². The smallest absolute Gasteiger partial charge is 0.222 e. The first-order valence-electron chi connectivity index (χ1n) is 8.12. The average molecular weight is 304 g/mol. The summed E-state index contributed by atoms with van der Waals surface area (Å²) in [5.41, 5.74) is 0.166. The van der Waals surface area contributed by atoms with Gasteiger partial charge < -0.3 is 14.9 Å². The number of piperidine rings is 2. The molecule has 2 fully saturated rings. The summed E-state index contributed by atoms with van der Waals surface area (Å²) in [5, 5.41) is 9.01. The zero-order chi connectivity index (χ0) is 15.4. The highest BCUT2D eigenvalue weighted by Crippen LogP contribution is 2.39. The topological polar surface area (TPSA) is 69.6 Å². The van der Waals surface area contributed by atoms with E-state index in [4.69, 9.17) is 5.11 Å². The molecule has 0 radical (unpaired) electrons. The standard InChI is InChI=1S/C16H24N4O2/c21-10-2-9-20-13-16(5-3-15(20)22)4-1-8-19(12-16)14-11-17-6-7-18-14/h6-7,11,21H,1-5,8-10,12-13H2/t16-/m0/s1. The SMILES string of the molecule is O=C1CC[C@]2(CCCN(c3cnccn3)C2)CN1CCCO. The number of aliphatic hydroxyl groups excluding tert-OH is 1. The molecule has 2 aliphatic heterocycles. The lowest BCUT2D eigenvalue weighted by molar-refractivity contribution is -0.138. The quantitative estimate of drug-likeness (QED) is 0.901. The Kier molecular flexibility index (Phi) is 4.57. The summed E-state index contributed by atoms with van der Waals surface area (Å²) in [5.74, 6) is 1.16. The zero-order valence-electron chi connectivity index (χ0n) is 12.9. The molecule has 1 spiro atoms. The lowest BCUT2D eigenvalue weighted by atomic mass is 9.73. The normalized spacial score (nSPS) is 25.8. The number of likely N-dealkylation sites (tertiary alicyclic amines) is 1. The lowest BCUT2D eigenvalue weighted by Crippen LogP contribution is -2.54. The molecule has 0 saturated carbocycles. The Labute approximate surface area is 131 Å². The first-order valence-corrected chi connectivity index (χ1v) is 8.12. The molecule has 2 saturated heterocycles. The third-order valence-electron chi connectivity index (χ3n) is 4.87. The number of aromatic nitrogens is 2. The van der Waals surface area contributed by atoms with E-state index < -0.39 is 0 Å². The molecule has 6 heteroatoms. The Hall–Kier alpha value is -1.69. The largest absolute Gasteiger partial charge is 0.396 e. The van der Waals surface area contributed by atoms with Crippen LogP contribution in [0.15, 0.2) is 18.6 Å². The van der Waals surface area contributed by atoms with Gasteiger partial charge in [0.05, 0.1) is 6.20 Å². The van der Waals surface area contributed by atoms with Gasteiger partial charge in [-0.3, -0.25) is 9.78 Å². The molecular weight excluding hydrogens is 280 g/mol. The monoisotopic (exact) mass is 304 g/mol. The Morgan fingerprint density at radius 2 is 2.18 bits per heavy atom. The number of amides is 1. The van der Waals surface area contributed by atoms with Crippen molar-refractivity contribution >= 4 is 11.7 Å². The second-order valence-corrected chi connectivity index (χ2v) is 6.48. The Morgan fingerprint density at radius 1 is 1.27 bits per heavy atom. The molecule has 1 aromatic rings. The Bertz CT molecular complexity index is 510. The van der Waals surface area contributed by atoms with E-state index in [1.165, 1.54) is 0 Å². The number of aliphatic hydroxyl groups is 1. The van der Waals surface area contributed by atoms with Crippen molar-refractivity contribution in [1.29, 1.82) is 0 Å². The maximum absolute atomic E-state index is 12.1. The number of carbonyl (C=O) groups is 1. The van der Waals surface area contributed by atoms with Crippen molar-refractivity contribution in [3.63, 3.8) is 0 Å². The van der Waals surface area contributed by atoms with Crippen LogP contribution >= 0.6 is 0 Å². The maximum atomic E-state index is 12.1. The Balaban J connectivity index is 1.71. The molecule has 0 unspecified atom stereocenters. The summed E-state index contributed by atoms with van der Waals surface area (Å²) in [6.45, 7) is 3.56. The molecule has 3 heterocycles. The van der Waals surface area contributed by atoms with Crippen LogP contribution < -0.4 is 4.90 Å². The summed E-state index contributed by atoms with van der Waals surface area (Å²) in [4.78, 5) is 24.9. The van der Waals surface area contributed by atoms with Crippen LogP contribution in [0.1, 0.15) is 32.1 Å². The van der Waals surface area contributed by atoms with Crippen molar-refractivity contribution < 1.29 is 9.90 Å². The van der Waals surface area contributed by atoms with Gasteiger partial charge in [0.2, 0.25) is 5.91 Å². The van der Waals surface area contributed by atoms with E-state index in [2.05, 4.69) is 14.9 Å². The van der Waals surface area contributed by atoms with E-state index in [0.29, 0.717) is 19.4 Å². The Morgan fingerprint density at radius 3 is 2.95 bits per heavy atom. The van der Waals surface area contributed by atoms with Gasteiger partial charge in [0, 0.05) is 57.0 Å². The zero-order valence-corrected chi connectivity index (χ0v) is 12.9. The number of rotatable bonds is 4. The highest BCUT2D eigenvalue weighted by molar-refractivity contribution is 5.77. The van der Waals surface area contributed by atoms with Crippen LogP contribution in [0.3, 0.4) is 0 Å². The molecule has 6 nitrogen and oxygen atoms in total. The number of nitrogens with zero attached hydrogens (tertiary/aromatic N) is 4. The fourth-order valence-electron chi connectivity index (χ4n) is 3.76. The highest BCUT2D eigenvalue weighted by atomic mass is 16.3. The molecule has 1 amide bonds. The summed E-state index contributed by atoms with van der Waals surface area (Å²) >= 11 is 0. The molecule has 2 aliphatic rings. The second-order valence-electron chi connectivity index (χ2n) is 6.48. The molecule has 0 bridgehead atoms. The molecule has 3 rings (SSSR count). The predicted molar refractivity (Wildman–Crippen MR) is 83.4 cm³/mol. The lowest BCUT2D eigenvalue weighted by Gasteiger charge is -2.48. The fourth-order valence-corrected chi connectivity index (χ4v) is 3.76. The minimum Gasteiger partial charge on any atom is -0.396 e. The van der Waals surface area contributed by atoms with Gasteiger partial charge in [0.1, 0.15) is 5.82 Å². The molecule has 1 aromatic heterocycles. The minimum atomic E-state index is 0.141. The van der Waals surface area contributed by atoms with E-state index in [1.54, 1.807) is 12.4 Å². The summed E-state index contributed by atoms with van der Waals surface area (Å²) < 4.78 is 0. The molecular formula is C16H24N4O2. The summed E-state index contributed by atoms with van der Waals surface area (Å²) in [6.07, 6.45) is 9.77. The molecule has 22 heavy (non-hydrogen) atoms. The average Bonchev–Trinajstić information content (AvgIpc) is 2.57. The van der Waals surface area contributed by atoms with Gasteiger partial charge in [0.25, 0.3) is 0 Å². The maximum Gasteiger partial charge on any atom is 0.222 e. The second kappa shape index (κ2) is 6.60. The van der Waals surface area contributed by atoms with Crippen molar-refractivity contribution in [1.82, 2.24) is 14.9 Å². The number of carbonyl (C=O) groups excluding carboxylic acids is 1. The molecule has 0 aliphatic carbocycles. The van der Waals surface area contributed by atoms with Crippen LogP contribution in [0.2, 0.25) is 0 Å². The van der Waals surface area contributed by atoms with E-state index in [-0.39, 0.29) is 17.9 Å². The van der Waals surface area contributed by atoms with E-state index in [9.17, 15) is 4.79 Å². The van der Waals surface area contributed by atoms with Crippen molar-refractivity contribution in [2.24, 2.45) is 5.41 Å². The van der Waals surface area contributed by atoms with Crippen molar-refractivity contribution in [2.45, 2.75) is 32.1 Å². The van der Waals surface area contributed by atoms with Gasteiger partial charge in [-0.2, -0.15) is 0 Å². The van der Waals surface area contributed by atoms with Crippen molar-refractivity contribution in [2.75, 3.05) is 37.7 Å². The van der Waals surface area contributed by atoms with Crippen LogP contribution in [-0.2, 0) is 4.79 Å². The van der Waals surface area contributed by atoms with Crippen molar-refractivity contribution in [3.05, 3.63) is 18.6 Å². The first kappa shape index (κ1) is 15.2. The molecule has 1 N–H and O–H groups in total. The van der Waals surface area contributed by atoms with Gasteiger partial charge >= 0.3 is 0 Å². The summed E-state index contributed by atoms with van der Waals surface area (Å²) in [6, 6.07) is 0. The minimum absolute atomic E-state index is 0.141. The molecule has 0 aromatic carbocycles. The first-order chi connectivity index (χ1) is 10.7. The number of hydrogen-bond acceptors (Lipinski definition) is 5. The third-order valence-corrected chi connectivity index (χ3v) is 4.87. The molecule has 1 atom stereocenters. The van der Waals surface area contributed by atoms with E-state index >= 15 is 0 Å². The predicted octanol–water partition coefficient (Wildman–Crippen LogP) is 1.07. The van der Waals surface area contributed by atoms with Crippen molar-refractivity contribution in [3.8, 4) is 0 Å².